The number of carbonyl (C=O) groups is 1. The van der Waals surface area contributed by atoms with Crippen molar-refractivity contribution in [2.75, 3.05) is 4.90 Å². The Labute approximate surface area is 155 Å². The second-order valence-corrected chi connectivity index (χ2v) is 6.17. The van der Waals surface area contributed by atoms with Crippen molar-refractivity contribution in [1.82, 2.24) is 5.32 Å². The smallest absolute Gasteiger partial charge is 0.269 e. The molecule has 0 saturated heterocycles. The third kappa shape index (κ3) is 3.12. The molecule has 3 rings (SSSR count). The van der Waals surface area contributed by atoms with Gasteiger partial charge < -0.3 is 10.2 Å². The van der Waals surface area contributed by atoms with Crippen LogP contribution in [-0.4, -0.2) is 10.8 Å². The first-order chi connectivity index (χ1) is 12.4. The van der Waals surface area contributed by atoms with Crippen LogP contribution in [0.1, 0.15) is 17.3 Å². The standard InChI is InChI=1S/C18H14N4O3S/c1-11-4-2-6-13(8-11)21-16(20-17(23)15(10-19)18(21)26)12-5-3-7-14(9-12)22(24)25/h2-9,16,26H,1H3,(H,20,23). The molecular weight excluding hydrogens is 352 g/mol. The van der Waals surface area contributed by atoms with Crippen LogP contribution < -0.4 is 10.2 Å². The van der Waals surface area contributed by atoms with E-state index in [9.17, 15) is 20.2 Å². The molecule has 1 N–H and O–H groups in total. The van der Waals surface area contributed by atoms with Crippen LogP contribution in [0, 0.1) is 28.4 Å². The molecular formula is C18H14N4O3S. The third-order valence-corrected chi connectivity index (χ3v) is 4.43. The van der Waals surface area contributed by atoms with Gasteiger partial charge in [-0.2, -0.15) is 5.26 Å². The first-order valence-electron chi connectivity index (χ1n) is 7.67. The summed E-state index contributed by atoms with van der Waals surface area (Å²) >= 11 is 4.40. The molecule has 0 saturated carbocycles. The van der Waals surface area contributed by atoms with E-state index in [0.29, 0.717) is 11.3 Å². The SMILES string of the molecule is Cc1cccc(N2C(S)=C(C#N)C(=O)NC2c2cccc([N+](=O)[O-])c2)c1. The summed E-state index contributed by atoms with van der Waals surface area (Å²) in [6.45, 7) is 1.92. The van der Waals surface area contributed by atoms with E-state index in [4.69, 9.17) is 0 Å². The predicted octanol–water partition coefficient (Wildman–Crippen LogP) is 3.20. The van der Waals surface area contributed by atoms with Gasteiger partial charge in [0.15, 0.2) is 0 Å². The zero-order chi connectivity index (χ0) is 18.8. The number of anilines is 1. The van der Waals surface area contributed by atoms with Crippen LogP contribution in [0.3, 0.4) is 0 Å². The van der Waals surface area contributed by atoms with E-state index in [2.05, 4.69) is 17.9 Å². The number of hydrogen-bond acceptors (Lipinski definition) is 6. The van der Waals surface area contributed by atoms with Crippen LogP contribution in [0.2, 0.25) is 0 Å². The second kappa shape index (κ2) is 6.90. The molecule has 0 aromatic heterocycles. The number of benzene rings is 2. The normalized spacial score (nSPS) is 16.9. The first-order valence-corrected chi connectivity index (χ1v) is 8.11. The minimum Gasteiger partial charge on any atom is -0.327 e. The van der Waals surface area contributed by atoms with Gasteiger partial charge in [-0.15, -0.1) is 12.6 Å². The van der Waals surface area contributed by atoms with Crippen LogP contribution in [0.5, 0.6) is 0 Å². The van der Waals surface area contributed by atoms with E-state index in [1.807, 2.05) is 37.3 Å². The lowest BCUT2D eigenvalue weighted by atomic mass is 10.1. The van der Waals surface area contributed by atoms with Crippen LogP contribution in [-0.2, 0) is 4.79 Å². The minimum absolute atomic E-state index is 0.0864. The zero-order valence-corrected chi connectivity index (χ0v) is 14.6. The monoisotopic (exact) mass is 366 g/mol. The van der Waals surface area contributed by atoms with Gasteiger partial charge in [0.05, 0.1) is 9.95 Å². The number of nitrogens with zero attached hydrogens (tertiary/aromatic N) is 3. The molecule has 1 unspecified atom stereocenters. The molecule has 0 aliphatic carbocycles. The van der Waals surface area contributed by atoms with Gasteiger partial charge >= 0.3 is 0 Å². The van der Waals surface area contributed by atoms with Gasteiger partial charge in [-0.3, -0.25) is 14.9 Å². The lowest BCUT2D eigenvalue weighted by Crippen LogP contribution is -2.46. The largest absolute Gasteiger partial charge is 0.327 e. The number of nitriles is 1. The maximum Gasteiger partial charge on any atom is 0.269 e. The van der Waals surface area contributed by atoms with E-state index < -0.39 is 17.0 Å². The maximum atomic E-state index is 12.3. The summed E-state index contributed by atoms with van der Waals surface area (Å²) in [6.07, 6.45) is -0.728. The Morgan fingerprint density at radius 2 is 2.00 bits per heavy atom. The van der Waals surface area contributed by atoms with Gasteiger partial charge in [0, 0.05) is 23.4 Å². The van der Waals surface area contributed by atoms with Crippen LogP contribution in [0.15, 0.2) is 59.1 Å². The summed E-state index contributed by atoms with van der Waals surface area (Å²) in [5.74, 6) is -0.571. The number of hydrogen-bond donors (Lipinski definition) is 2. The fourth-order valence-corrected chi connectivity index (χ4v) is 3.18. The highest BCUT2D eigenvalue weighted by Crippen LogP contribution is 2.36. The Morgan fingerprint density at radius 1 is 1.27 bits per heavy atom. The molecule has 1 amide bonds. The lowest BCUT2D eigenvalue weighted by Gasteiger charge is -2.38. The Balaban J connectivity index is 2.18. The average Bonchev–Trinajstić information content (AvgIpc) is 2.61. The van der Waals surface area contributed by atoms with Crippen molar-refractivity contribution in [3.8, 4) is 6.07 Å². The molecule has 0 fully saturated rings. The van der Waals surface area contributed by atoms with E-state index in [1.165, 1.54) is 12.1 Å². The highest BCUT2D eigenvalue weighted by Gasteiger charge is 2.34. The molecule has 1 aliphatic rings. The first kappa shape index (κ1) is 17.5. The highest BCUT2D eigenvalue weighted by atomic mass is 32.1. The fourth-order valence-electron chi connectivity index (χ4n) is 2.80. The molecule has 0 radical (unpaired) electrons. The van der Waals surface area contributed by atoms with Crippen molar-refractivity contribution in [3.05, 3.63) is 80.4 Å². The Morgan fingerprint density at radius 3 is 2.65 bits per heavy atom. The molecule has 0 spiro atoms. The molecule has 0 bridgehead atoms. The summed E-state index contributed by atoms with van der Waals surface area (Å²) < 4.78 is 0. The highest BCUT2D eigenvalue weighted by molar-refractivity contribution is 7.84. The Kier molecular flexibility index (Phi) is 4.65. The molecule has 26 heavy (non-hydrogen) atoms. The maximum absolute atomic E-state index is 12.3. The third-order valence-electron chi connectivity index (χ3n) is 3.99. The van der Waals surface area contributed by atoms with E-state index in [0.717, 1.165) is 5.56 Å². The number of amides is 1. The molecule has 1 aliphatic heterocycles. The van der Waals surface area contributed by atoms with Crippen molar-refractivity contribution in [1.29, 1.82) is 5.26 Å². The second-order valence-electron chi connectivity index (χ2n) is 5.75. The lowest BCUT2D eigenvalue weighted by molar-refractivity contribution is -0.384. The van der Waals surface area contributed by atoms with Crippen molar-refractivity contribution in [2.24, 2.45) is 0 Å². The molecule has 8 heteroatoms. The van der Waals surface area contributed by atoms with Crippen molar-refractivity contribution in [3.63, 3.8) is 0 Å². The summed E-state index contributed by atoms with van der Waals surface area (Å²) in [5.41, 5.74) is 2.00. The molecule has 2 aromatic carbocycles. The number of nitro benzene ring substituents is 1. The molecule has 1 atom stereocenters. The number of carbonyl (C=O) groups excluding carboxylic acids is 1. The zero-order valence-electron chi connectivity index (χ0n) is 13.7. The van der Waals surface area contributed by atoms with Gasteiger partial charge in [0.1, 0.15) is 17.8 Å². The van der Waals surface area contributed by atoms with Crippen LogP contribution >= 0.6 is 12.6 Å². The molecule has 130 valence electrons. The minimum atomic E-state index is -0.728. The van der Waals surface area contributed by atoms with Crippen LogP contribution in [0.4, 0.5) is 11.4 Å². The van der Waals surface area contributed by atoms with Crippen LogP contribution in [0.25, 0.3) is 0 Å². The number of nitro groups is 1. The van der Waals surface area contributed by atoms with E-state index in [-0.39, 0.29) is 16.3 Å². The predicted molar refractivity (Wildman–Crippen MR) is 99.3 cm³/mol. The molecule has 1 heterocycles. The van der Waals surface area contributed by atoms with Gasteiger partial charge in [0.2, 0.25) is 0 Å². The van der Waals surface area contributed by atoms with E-state index >= 15 is 0 Å². The number of aryl methyl sites for hydroxylation is 1. The molecule has 2 aromatic rings. The summed E-state index contributed by atoms with van der Waals surface area (Å²) in [4.78, 5) is 24.6. The van der Waals surface area contributed by atoms with Gasteiger partial charge in [-0.25, -0.2) is 0 Å². The molecule has 7 nitrogen and oxygen atoms in total. The fraction of sp³-hybridized carbons (Fsp3) is 0.111. The summed E-state index contributed by atoms with van der Waals surface area (Å²) in [5, 5.41) is 23.3. The Bertz CT molecular complexity index is 980. The summed E-state index contributed by atoms with van der Waals surface area (Å²) in [7, 11) is 0. The van der Waals surface area contributed by atoms with Gasteiger partial charge in [-0.1, -0.05) is 24.3 Å². The van der Waals surface area contributed by atoms with Crippen molar-refractivity contribution >= 4 is 29.9 Å². The number of rotatable bonds is 3. The van der Waals surface area contributed by atoms with E-state index in [1.54, 1.807) is 17.0 Å². The van der Waals surface area contributed by atoms with Gasteiger partial charge in [0.25, 0.3) is 11.6 Å². The number of non-ortho nitro benzene ring substituents is 1. The quantitative estimate of drug-likeness (QED) is 0.494. The average molecular weight is 366 g/mol. The summed E-state index contributed by atoms with van der Waals surface area (Å²) in [6, 6.07) is 15.3. The van der Waals surface area contributed by atoms with Gasteiger partial charge in [-0.05, 0) is 24.6 Å². The number of nitrogens with one attached hydrogen (secondary N) is 1. The topological polar surface area (TPSA) is 99.3 Å². The van der Waals surface area contributed by atoms with Crippen molar-refractivity contribution in [2.45, 2.75) is 13.1 Å². The van der Waals surface area contributed by atoms with Crippen molar-refractivity contribution < 1.29 is 9.72 Å². The number of thiol groups is 1. The Hall–Kier alpha value is -3.31.